The summed E-state index contributed by atoms with van der Waals surface area (Å²) in [6, 6.07) is 9.54. The van der Waals surface area contributed by atoms with E-state index in [0.29, 0.717) is 16.0 Å². The van der Waals surface area contributed by atoms with Gasteiger partial charge in [-0.25, -0.2) is 0 Å². The second kappa shape index (κ2) is 4.59. The second-order valence-electron chi connectivity index (χ2n) is 3.41. The molecule has 0 aliphatic heterocycles. The minimum Gasteiger partial charge on any atom is -0.389 e. The molecule has 3 aromatic rings. The van der Waals surface area contributed by atoms with Crippen LogP contribution in [0.4, 0.5) is 0 Å². The Labute approximate surface area is 106 Å². The molecule has 0 spiro atoms. The van der Waals surface area contributed by atoms with Crippen molar-refractivity contribution in [3.8, 4) is 16.5 Å². The van der Waals surface area contributed by atoms with Crippen molar-refractivity contribution in [3.05, 3.63) is 35.3 Å². The Morgan fingerprint density at radius 1 is 1.11 bits per heavy atom. The lowest BCUT2D eigenvalue weighted by atomic mass is 10.2. The van der Waals surface area contributed by atoms with Crippen molar-refractivity contribution in [2.75, 3.05) is 0 Å². The highest BCUT2D eigenvalue weighted by Crippen LogP contribution is 2.16. The van der Waals surface area contributed by atoms with Gasteiger partial charge in [0.15, 0.2) is 0 Å². The van der Waals surface area contributed by atoms with Crippen molar-refractivity contribution in [3.63, 3.8) is 0 Å². The minimum absolute atomic E-state index is 0.141. The molecule has 90 valence electrons. The zero-order valence-corrected chi connectivity index (χ0v) is 9.95. The summed E-state index contributed by atoms with van der Waals surface area (Å²) >= 11 is 1.22. The molecule has 18 heavy (non-hydrogen) atoms. The van der Waals surface area contributed by atoms with Crippen LogP contribution in [-0.4, -0.2) is 35.5 Å². The number of aromatic nitrogens is 6. The van der Waals surface area contributed by atoms with Gasteiger partial charge in [0.1, 0.15) is 5.01 Å². The fraction of sp³-hybridized carbons (Fsp3) is 0.100. The number of tetrazole rings is 1. The predicted octanol–water partition coefficient (Wildman–Crippen LogP) is 0.673. The third-order valence-electron chi connectivity index (χ3n) is 2.21. The fourth-order valence-electron chi connectivity index (χ4n) is 1.39. The number of rotatable bonds is 3. The van der Waals surface area contributed by atoms with Gasteiger partial charge >= 0.3 is 0 Å². The van der Waals surface area contributed by atoms with Crippen LogP contribution in [0.2, 0.25) is 0 Å². The molecule has 0 unspecified atom stereocenters. The molecule has 1 aromatic carbocycles. The largest absolute Gasteiger partial charge is 0.389 e. The maximum absolute atomic E-state index is 8.92. The number of hydrogen-bond acceptors (Lipinski definition) is 7. The molecule has 3 rings (SSSR count). The number of hydrogen-bond donors (Lipinski definition) is 1. The number of aliphatic hydroxyl groups is 1. The number of benzene rings is 1. The molecule has 8 heteroatoms. The van der Waals surface area contributed by atoms with E-state index in [9.17, 15) is 0 Å². The van der Waals surface area contributed by atoms with Crippen molar-refractivity contribution in [1.29, 1.82) is 0 Å². The first-order valence-corrected chi connectivity index (χ1v) is 5.97. The molecule has 0 saturated carbocycles. The van der Waals surface area contributed by atoms with E-state index in [1.807, 2.05) is 30.3 Å². The van der Waals surface area contributed by atoms with E-state index in [-0.39, 0.29) is 6.61 Å². The average Bonchev–Trinajstić information content (AvgIpc) is 3.08. The lowest BCUT2D eigenvalue weighted by Crippen LogP contribution is -1.98. The maximum atomic E-state index is 8.92. The Balaban J connectivity index is 1.94. The number of nitrogens with zero attached hydrogens (tertiary/aromatic N) is 6. The Morgan fingerprint density at radius 2 is 1.94 bits per heavy atom. The third-order valence-corrected chi connectivity index (χ3v) is 3.08. The monoisotopic (exact) mass is 260 g/mol. The van der Waals surface area contributed by atoms with Crippen LogP contribution in [0.3, 0.4) is 0 Å². The van der Waals surface area contributed by atoms with Gasteiger partial charge < -0.3 is 5.11 Å². The second-order valence-corrected chi connectivity index (χ2v) is 4.45. The molecule has 0 saturated heterocycles. The van der Waals surface area contributed by atoms with E-state index in [1.54, 1.807) is 0 Å². The van der Waals surface area contributed by atoms with Gasteiger partial charge in [-0.2, -0.15) is 0 Å². The van der Waals surface area contributed by atoms with Gasteiger partial charge in [-0.15, -0.1) is 20.4 Å². The number of aliphatic hydroxyl groups excluding tert-OH is 1. The van der Waals surface area contributed by atoms with Crippen LogP contribution in [0.15, 0.2) is 30.3 Å². The zero-order valence-electron chi connectivity index (χ0n) is 9.13. The topological polar surface area (TPSA) is 89.6 Å². The average molecular weight is 260 g/mol. The SMILES string of the molecule is OCc1nnc(-n2nnc(-c3ccccc3)n2)s1. The Hall–Kier alpha value is -2.19. The first kappa shape index (κ1) is 10.9. The fourth-order valence-corrected chi connectivity index (χ4v) is 1.99. The van der Waals surface area contributed by atoms with E-state index in [0.717, 1.165) is 5.56 Å². The summed E-state index contributed by atoms with van der Waals surface area (Å²) in [5, 5.41) is 29.7. The van der Waals surface area contributed by atoms with Crippen molar-refractivity contribution in [2.45, 2.75) is 6.61 Å². The zero-order chi connectivity index (χ0) is 12.4. The summed E-state index contributed by atoms with van der Waals surface area (Å²) in [7, 11) is 0. The van der Waals surface area contributed by atoms with Crippen LogP contribution in [-0.2, 0) is 6.61 Å². The smallest absolute Gasteiger partial charge is 0.253 e. The quantitative estimate of drug-likeness (QED) is 0.744. The van der Waals surface area contributed by atoms with Gasteiger partial charge in [0, 0.05) is 5.56 Å². The molecule has 0 bridgehead atoms. The molecule has 7 nitrogen and oxygen atoms in total. The van der Waals surface area contributed by atoms with E-state index in [2.05, 4.69) is 25.6 Å². The molecule has 0 radical (unpaired) electrons. The van der Waals surface area contributed by atoms with E-state index in [4.69, 9.17) is 5.11 Å². The van der Waals surface area contributed by atoms with Crippen LogP contribution in [0.25, 0.3) is 16.5 Å². The lowest BCUT2D eigenvalue weighted by molar-refractivity contribution is 0.280. The van der Waals surface area contributed by atoms with Gasteiger partial charge in [-0.1, -0.05) is 46.5 Å². The maximum Gasteiger partial charge on any atom is 0.253 e. The third kappa shape index (κ3) is 1.98. The van der Waals surface area contributed by atoms with Crippen molar-refractivity contribution >= 4 is 11.3 Å². The first-order chi connectivity index (χ1) is 8.86. The van der Waals surface area contributed by atoms with Crippen LogP contribution in [0.5, 0.6) is 0 Å². The molecule has 0 fully saturated rings. The molecule has 0 aliphatic rings. The molecular weight excluding hydrogens is 252 g/mol. The summed E-state index contributed by atoms with van der Waals surface area (Å²) in [5.74, 6) is 0.524. The van der Waals surface area contributed by atoms with Crippen molar-refractivity contribution in [2.24, 2.45) is 0 Å². The molecular formula is C10H8N6OS. The minimum atomic E-state index is -0.141. The van der Waals surface area contributed by atoms with Gasteiger partial charge in [-0.05, 0) is 5.21 Å². The van der Waals surface area contributed by atoms with Crippen LogP contribution >= 0.6 is 11.3 Å². The predicted molar refractivity (Wildman–Crippen MR) is 64.0 cm³/mol. The Kier molecular flexibility index (Phi) is 2.79. The molecule has 0 atom stereocenters. The van der Waals surface area contributed by atoms with Crippen LogP contribution < -0.4 is 0 Å². The summed E-state index contributed by atoms with van der Waals surface area (Å²) < 4.78 is 0. The standard InChI is InChI=1S/C10H8N6OS/c17-6-8-11-13-10(18-8)16-14-9(12-15-16)7-4-2-1-3-5-7/h1-5,17H,6H2. The molecule has 2 aromatic heterocycles. The van der Waals surface area contributed by atoms with Crippen LogP contribution in [0, 0.1) is 0 Å². The van der Waals surface area contributed by atoms with E-state index < -0.39 is 0 Å². The lowest BCUT2D eigenvalue weighted by Gasteiger charge is -1.91. The van der Waals surface area contributed by atoms with Crippen molar-refractivity contribution in [1.82, 2.24) is 30.4 Å². The van der Waals surface area contributed by atoms with Gasteiger partial charge in [0.2, 0.25) is 5.82 Å². The van der Waals surface area contributed by atoms with E-state index >= 15 is 0 Å². The highest BCUT2D eigenvalue weighted by molar-refractivity contribution is 7.13. The summed E-state index contributed by atoms with van der Waals surface area (Å²) in [4.78, 5) is 1.30. The van der Waals surface area contributed by atoms with Gasteiger partial charge in [-0.3, -0.25) is 0 Å². The molecule has 2 heterocycles. The summed E-state index contributed by atoms with van der Waals surface area (Å²) in [5.41, 5.74) is 0.885. The Morgan fingerprint density at radius 3 is 2.67 bits per heavy atom. The molecule has 1 N–H and O–H groups in total. The van der Waals surface area contributed by atoms with E-state index in [1.165, 1.54) is 16.1 Å². The summed E-state index contributed by atoms with van der Waals surface area (Å²) in [6.45, 7) is -0.141. The normalized spacial score (nSPS) is 10.7. The van der Waals surface area contributed by atoms with Gasteiger partial charge in [0.05, 0.1) is 6.61 Å². The van der Waals surface area contributed by atoms with Crippen molar-refractivity contribution < 1.29 is 5.11 Å². The highest BCUT2D eigenvalue weighted by Gasteiger charge is 2.10. The highest BCUT2D eigenvalue weighted by atomic mass is 32.1. The van der Waals surface area contributed by atoms with Crippen LogP contribution in [0.1, 0.15) is 5.01 Å². The first-order valence-electron chi connectivity index (χ1n) is 5.16. The molecule has 0 aliphatic carbocycles. The summed E-state index contributed by atoms with van der Waals surface area (Å²) in [6.07, 6.45) is 0. The molecule has 0 amide bonds. The van der Waals surface area contributed by atoms with Gasteiger partial charge in [0.25, 0.3) is 5.13 Å². The Bertz CT molecular complexity index is 649.